The molecular formula is C54H40N2. The van der Waals surface area contributed by atoms with Crippen molar-refractivity contribution in [3.8, 4) is 67.3 Å². The first-order chi connectivity index (χ1) is 27.2. The van der Waals surface area contributed by atoms with E-state index in [0.29, 0.717) is 0 Å². The second kappa shape index (κ2) is 11.9. The number of nitrogens with zero attached hydrogens (tertiary/aromatic N) is 2. The van der Waals surface area contributed by atoms with Crippen LogP contribution in [0.4, 0.5) is 0 Å². The van der Waals surface area contributed by atoms with Gasteiger partial charge in [-0.3, -0.25) is 0 Å². The molecule has 2 heteroatoms. The molecule has 1 heterocycles. The van der Waals surface area contributed by atoms with E-state index in [9.17, 15) is 0 Å². The number of fused-ring (bicyclic) bond motifs is 8. The molecule has 9 aromatic rings. The van der Waals surface area contributed by atoms with Crippen LogP contribution in [0.25, 0.3) is 88.8 Å². The monoisotopic (exact) mass is 716 g/mol. The molecule has 2 aliphatic rings. The smallest absolute Gasteiger partial charge is 0.160 e. The highest BCUT2D eigenvalue weighted by atomic mass is 14.9. The number of aromatic nitrogens is 2. The third kappa shape index (κ3) is 4.88. The van der Waals surface area contributed by atoms with Crippen molar-refractivity contribution in [2.45, 2.75) is 38.5 Å². The Balaban J connectivity index is 1.03. The van der Waals surface area contributed by atoms with Crippen LogP contribution in [0, 0.1) is 0 Å². The van der Waals surface area contributed by atoms with Crippen LogP contribution in [-0.2, 0) is 10.8 Å². The van der Waals surface area contributed by atoms with Crippen molar-refractivity contribution in [1.82, 2.24) is 9.97 Å². The first-order valence-electron chi connectivity index (χ1n) is 19.6. The minimum Gasteiger partial charge on any atom is -0.228 e. The van der Waals surface area contributed by atoms with Crippen LogP contribution in [0.5, 0.6) is 0 Å². The van der Waals surface area contributed by atoms with Crippen LogP contribution >= 0.6 is 0 Å². The molecule has 0 spiro atoms. The van der Waals surface area contributed by atoms with Crippen molar-refractivity contribution >= 4 is 21.5 Å². The molecule has 266 valence electrons. The predicted octanol–water partition coefficient (Wildman–Crippen LogP) is 14.1. The SMILES string of the molecule is CC1(C)c2ccc(-c3ccc(-c4cc(-c5cccc6c5-c5cc7ccccc7cc5C6(C)C)nc(-c5ccccc5)n4)cc3)cc2-c2cc3ccccc3cc21. The molecule has 0 bridgehead atoms. The summed E-state index contributed by atoms with van der Waals surface area (Å²) in [4.78, 5) is 10.5. The van der Waals surface area contributed by atoms with Crippen LogP contribution in [0.3, 0.4) is 0 Å². The van der Waals surface area contributed by atoms with Gasteiger partial charge in [0, 0.05) is 27.5 Å². The van der Waals surface area contributed by atoms with E-state index in [4.69, 9.17) is 9.97 Å². The topological polar surface area (TPSA) is 25.8 Å². The Kier molecular flexibility index (Phi) is 6.98. The summed E-state index contributed by atoms with van der Waals surface area (Å²) in [6, 6.07) is 62.1. The van der Waals surface area contributed by atoms with Crippen LogP contribution in [0.1, 0.15) is 49.9 Å². The van der Waals surface area contributed by atoms with E-state index in [2.05, 4.69) is 191 Å². The molecule has 8 aromatic carbocycles. The summed E-state index contributed by atoms with van der Waals surface area (Å²) in [6.07, 6.45) is 0. The van der Waals surface area contributed by atoms with Gasteiger partial charge in [0.1, 0.15) is 0 Å². The Morgan fingerprint density at radius 2 is 0.857 bits per heavy atom. The van der Waals surface area contributed by atoms with E-state index >= 15 is 0 Å². The van der Waals surface area contributed by atoms with Crippen LogP contribution in [-0.4, -0.2) is 9.97 Å². The second-order valence-corrected chi connectivity index (χ2v) is 16.6. The van der Waals surface area contributed by atoms with Gasteiger partial charge in [-0.2, -0.15) is 0 Å². The minimum absolute atomic E-state index is 0.0528. The summed E-state index contributed by atoms with van der Waals surface area (Å²) in [7, 11) is 0. The average molecular weight is 717 g/mol. The zero-order valence-electron chi connectivity index (χ0n) is 32.1. The van der Waals surface area contributed by atoms with Crippen molar-refractivity contribution in [3.63, 3.8) is 0 Å². The fourth-order valence-electron chi connectivity index (χ4n) is 9.59. The van der Waals surface area contributed by atoms with E-state index in [0.717, 1.165) is 33.9 Å². The van der Waals surface area contributed by atoms with Crippen molar-refractivity contribution in [2.24, 2.45) is 0 Å². The molecule has 0 amide bonds. The van der Waals surface area contributed by atoms with Gasteiger partial charge in [0.25, 0.3) is 0 Å². The Labute approximate surface area is 328 Å². The van der Waals surface area contributed by atoms with Gasteiger partial charge in [-0.15, -0.1) is 0 Å². The fourth-order valence-corrected chi connectivity index (χ4v) is 9.59. The third-order valence-electron chi connectivity index (χ3n) is 12.7. The maximum Gasteiger partial charge on any atom is 0.160 e. The summed E-state index contributed by atoms with van der Waals surface area (Å²) >= 11 is 0. The summed E-state index contributed by atoms with van der Waals surface area (Å²) in [6.45, 7) is 9.40. The number of hydrogen-bond donors (Lipinski definition) is 0. The molecule has 56 heavy (non-hydrogen) atoms. The maximum atomic E-state index is 5.30. The zero-order valence-corrected chi connectivity index (χ0v) is 32.1. The van der Waals surface area contributed by atoms with Crippen LogP contribution in [0.15, 0.2) is 170 Å². The average Bonchev–Trinajstić information content (AvgIpc) is 3.60. The largest absolute Gasteiger partial charge is 0.228 e. The lowest BCUT2D eigenvalue weighted by atomic mass is 9.81. The van der Waals surface area contributed by atoms with Gasteiger partial charge in [0.05, 0.1) is 11.4 Å². The second-order valence-electron chi connectivity index (χ2n) is 16.6. The summed E-state index contributed by atoms with van der Waals surface area (Å²) in [5.74, 6) is 0.725. The molecule has 0 atom stereocenters. The van der Waals surface area contributed by atoms with Gasteiger partial charge in [-0.1, -0.05) is 161 Å². The van der Waals surface area contributed by atoms with Gasteiger partial charge >= 0.3 is 0 Å². The molecule has 0 saturated carbocycles. The van der Waals surface area contributed by atoms with Gasteiger partial charge in [0.2, 0.25) is 0 Å². The van der Waals surface area contributed by atoms with Gasteiger partial charge in [-0.25, -0.2) is 9.97 Å². The molecule has 11 rings (SSSR count). The predicted molar refractivity (Wildman–Crippen MR) is 234 cm³/mol. The lowest BCUT2D eigenvalue weighted by molar-refractivity contribution is 0.661. The van der Waals surface area contributed by atoms with Gasteiger partial charge in [-0.05, 0) is 114 Å². The Bertz CT molecular complexity index is 3060. The quantitative estimate of drug-likeness (QED) is 0.181. The van der Waals surface area contributed by atoms with Gasteiger partial charge < -0.3 is 0 Å². The van der Waals surface area contributed by atoms with Crippen molar-refractivity contribution < 1.29 is 0 Å². The number of benzene rings is 8. The summed E-state index contributed by atoms with van der Waals surface area (Å²) in [5, 5.41) is 5.11. The van der Waals surface area contributed by atoms with E-state index in [1.807, 2.05) is 6.07 Å². The molecule has 0 radical (unpaired) electrons. The Hall–Kier alpha value is -6.64. The molecule has 2 nitrogen and oxygen atoms in total. The molecule has 0 unspecified atom stereocenters. The molecule has 0 N–H and O–H groups in total. The van der Waals surface area contributed by atoms with Crippen LogP contribution < -0.4 is 0 Å². The van der Waals surface area contributed by atoms with E-state index < -0.39 is 0 Å². The fraction of sp³-hybridized carbons (Fsp3) is 0.111. The van der Waals surface area contributed by atoms with E-state index in [1.165, 1.54) is 77.2 Å². The lowest BCUT2D eigenvalue weighted by Gasteiger charge is -2.22. The van der Waals surface area contributed by atoms with Crippen molar-refractivity contribution in [3.05, 3.63) is 192 Å². The van der Waals surface area contributed by atoms with Crippen LogP contribution in [0.2, 0.25) is 0 Å². The summed E-state index contributed by atoms with van der Waals surface area (Å²) in [5.41, 5.74) is 18.0. The molecule has 1 aromatic heterocycles. The molecule has 0 aliphatic heterocycles. The number of rotatable bonds is 4. The Morgan fingerprint density at radius 1 is 0.321 bits per heavy atom. The Morgan fingerprint density at radius 3 is 1.55 bits per heavy atom. The normalized spacial score (nSPS) is 14.4. The highest BCUT2D eigenvalue weighted by molar-refractivity contribution is 5.99. The molecule has 2 aliphatic carbocycles. The van der Waals surface area contributed by atoms with E-state index in [1.54, 1.807) is 0 Å². The molecule has 0 fully saturated rings. The lowest BCUT2D eigenvalue weighted by Crippen LogP contribution is -2.14. The highest BCUT2D eigenvalue weighted by Gasteiger charge is 2.38. The zero-order chi connectivity index (χ0) is 37.8. The highest BCUT2D eigenvalue weighted by Crippen LogP contribution is 2.54. The maximum absolute atomic E-state index is 5.30. The summed E-state index contributed by atoms with van der Waals surface area (Å²) < 4.78 is 0. The van der Waals surface area contributed by atoms with Gasteiger partial charge in [0.15, 0.2) is 5.82 Å². The van der Waals surface area contributed by atoms with Crippen molar-refractivity contribution in [2.75, 3.05) is 0 Å². The van der Waals surface area contributed by atoms with E-state index in [-0.39, 0.29) is 10.8 Å². The number of hydrogen-bond acceptors (Lipinski definition) is 2. The minimum atomic E-state index is -0.137. The third-order valence-corrected chi connectivity index (χ3v) is 12.7. The van der Waals surface area contributed by atoms with Crippen molar-refractivity contribution in [1.29, 1.82) is 0 Å². The standard InChI is InChI=1S/C54H40N2/c1-53(2)45-26-25-40(28-42(45)43-27-36-15-8-10-17-38(36)30-47(43)53)33-21-23-34(24-22-33)49-32-50(56-52(55-49)35-13-6-5-7-14-35)41-19-12-20-46-51(41)44-29-37-16-9-11-18-39(37)31-48(44)54(46,3)4/h5-32H,1-4H3. The first-order valence-corrected chi connectivity index (χ1v) is 19.6. The molecular weight excluding hydrogens is 677 g/mol. The first kappa shape index (κ1) is 32.8. The molecule has 0 saturated heterocycles.